The molecule has 2 aromatic rings. The number of nitrogens with zero attached hydrogens (tertiary/aromatic N) is 4. The number of hydrazone groups is 1. The van der Waals surface area contributed by atoms with Gasteiger partial charge in [-0.05, 0) is 25.5 Å². The van der Waals surface area contributed by atoms with Gasteiger partial charge in [0.15, 0.2) is 0 Å². The van der Waals surface area contributed by atoms with Crippen molar-refractivity contribution in [3.05, 3.63) is 77.5 Å². The Morgan fingerprint density at radius 1 is 1.19 bits per heavy atom. The number of allylic oxidation sites excluding steroid dienone is 1. The first-order chi connectivity index (χ1) is 17.2. The number of hydrogen-bond acceptors (Lipinski definition) is 6. The van der Waals surface area contributed by atoms with Gasteiger partial charge in [0.05, 0.1) is 17.5 Å². The second kappa shape index (κ2) is 11.5. The molecule has 3 rings (SSSR count). The van der Waals surface area contributed by atoms with Gasteiger partial charge in [0.2, 0.25) is 0 Å². The standard InChI is InChI=1S/C26H32FN7O2/c1-5-21(27)22-20(16-30-23(22)17(3)25(28)31-34(29)6-2)24(35)26(36)33-14-12-32(13-15-33)18(4)19-10-8-7-9-11-19/h5,7-11,16,30H,1,4,6,12-15,29H2,2-3H3,(H2,28,31)/b22-21+,23-17-. The van der Waals surface area contributed by atoms with Crippen LogP contribution in [0.3, 0.4) is 0 Å². The SMILES string of the molecule is C=C/C(F)=c1/c(C(=O)C(=O)N2CCN(C(=C)c3ccccc3)CC2)c[nH]/c1=C(C)\C(N)=N\N(N)CC. The van der Waals surface area contributed by atoms with E-state index in [9.17, 15) is 14.0 Å². The van der Waals surface area contributed by atoms with E-state index in [1.807, 2.05) is 30.3 Å². The molecule has 36 heavy (non-hydrogen) atoms. The van der Waals surface area contributed by atoms with Crippen LogP contribution < -0.4 is 22.1 Å². The molecular formula is C26H32FN7O2. The molecule has 1 fully saturated rings. The van der Waals surface area contributed by atoms with Gasteiger partial charge in [0, 0.05) is 48.9 Å². The molecule has 1 aliphatic heterocycles. The van der Waals surface area contributed by atoms with Crippen LogP contribution in [0.1, 0.15) is 29.8 Å². The number of Topliss-reactive ketones (excluding diaryl/α,β-unsaturated/α-hetero) is 1. The quantitative estimate of drug-likeness (QED) is 0.125. The van der Waals surface area contributed by atoms with E-state index in [1.54, 1.807) is 13.8 Å². The highest BCUT2D eigenvalue weighted by atomic mass is 19.1. The predicted molar refractivity (Wildman–Crippen MR) is 140 cm³/mol. The lowest BCUT2D eigenvalue weighted by Crippen LogP contribution is -2.50. The van der Waals surface area contributed by atoms with Crippen LogP contribution in [0.5, 0.6) is 0 Å². The molecule has 0 bridgehead atoms. The molecule has 1 aromatic carbocycles. The molecule has 1 aromatic heterocycles. The van der Waals surface area contributed by atoms with Crippen LogP contribution in [0.25, 0.3) is 17.1 Å². The maximum Gasteiger partial charge on any atom is 0.295 e. The van der Waals surface area contributed by atoms with Crippen molar-refractivity contribution in [3.63, 3.8) is 0 Å². The number of aromatic nitrogens is 1. The van der Waals surface area contributed by atoms with Crippen molar-refractivity contribution in [2.45, 2.75) is 13.8 Å². The molecule has 1 aliphatic rings. The van der Waals surface area contributed by atoms with Crippen molar-refractivity contribution >= 4 is 34.6 Å². The zero-order valence-electron chi connectivity index (χ0n) is 20.6. The van der Waals surface area contributed by atoms with Crippen LogP contribution in [0, 0.1) is 0 Å². The van der Waals surface area contributed by atoms with Crippen LogP contribution in [0.2, 0.25) is 0 Å². The van der Waals surface area contributed by atoms with Crippen molar-refractivity contribution < 1.29 is 14.0 Å². The molecule has 0 saturated carbocycles. The highest BCUT2D eigenvalue weighted by molar-refractivity contribution is 6.42. The van der Waals surface area contributed by atoms with Gasteiger partial charge in [-0.2, -0.15) is 0 Å². The lowest BCUT2D eigenvalue weighted by atomic mass is 10.1. The van der Waals surface area contributed by atoms with Crippen LogP contribution in [-0.4, -0.2) is 70.2 Å². The van der Waals surface area contributed by atoms with Crippen LogP contribution in [-0.2, 0) is 4.79 Å². The van der Waals surface area contributed by atoms with Gasteiger partial charge in [0.1, 0.15) is 11.7 Å². The highest BCUT2D eigenvalue weighted by Gasteiger charge is 2.29. The largest absolute Gasteiger partial charge is 0.382 e. The average molecular weight is 494 g/mol. The number of aromatic amines is 1. The first kappa shape index (κ1) is 26.4. The molecule has 1 amide bonds. The first-order valence-electron chi connectivity index (χ1n) is 11.6. The summed E-state index contributed by atoms with van der Waals surface area (Å²) in [6.07, 6.45) is 2.28. The third-order valence-electron chi connectivity index (χ3n) is 6.11. The number of benzene rings is 1. The lowest BCUT2D eigenvalue weighted by molar-refractivity contribution is -0.127. The third kappa shape index (κ3) is 5.55. The van der Waals surface area contributed by atoms with Crippen LogP contribution in [0.15, 0.2) is 60.9 Å². The van der Waals surface area contributed by atoms with Crippen molar-refractivity contribution in [1.82, 2.24) is 19.9 Å². The molecule has 0 unspecified atom stereocenters. The molecule has 0 spiro atoms. The molecular weight excluding hydrogens is 461 g/mol. The second-order valence-electron chi connectivity index (χ2n) is 8.29. The first-order valence-corrected chi connectivity index (χ1v) is 11.6. The Labute approximate surface area is 209 Å². The molecule has 0 radical (unpaired) electrons. The number of piperazine rings is 1. The summed E-state index contributed by atoms with van der Waals surface area (Å²) in [5.41, 5.74) is 8.14. The number of rotatable bonds is 8. The van der Waals surface area contributed by atoms with E-state index >= 15 is 0 Å². The number of H-pyrrole nitrogens is 1. The van der Waals surface area contributed by atoms with E-state index in [1.165, 1.54) is 11.1 Å². The van der Waals surface area contributed by atoms with Gasteiger partial charge >= 0.3 is 0 Å². The minimum Gasteiger partial charge on any atom is -0.382 e. The highest BCUT2D eigenvalue weighted by Crippen LogP contribution is 2.19. The Kier molecular flexibility index (Phi) is 8.44. The predicted octanol–water partition coefficient (Wildman–Crippen LogP) is 0.915. The molecule has 1 saturated heterocycles. The fourth-order valence-electron chi connectivity index (χ4n) is 3.91. The number of carbonyl (C=O) groups excluding carboxylic acids is 2. The summed E-state index contributed by atoms with van der Waals surface area (Å²) < 4.78 is 14.9. The van der Waals surface area contributed by atoms with E-state index in [2.05, 4.69) is 28.1 Å². The van der Waals surface area contributed by atoms with Gasteiger partial charge in [-0.15, -0.1) is 5.10 Å². The minimum atomic E-state index is -0.822. The van der Waals surface area contributed by atoms with Gasteiger partial charge in [0.25, 0.3) is 11.7 Å². The van der Waals surface area contributed by atoms with Crippen molar-refractivity contribution in [2.24, 2.45) is 16.7 Å². The number of nitrogens with two attached hydrogens (primary N) is 2. The van der Waals surface area contributed by atoms with Gasteiger partial charge in [-0.3, -0.25) is 9.59 Å². The van der Waals surface area contributed by atoms with Crippen LogP contribution >= 0.6 is 0 Å². The summed E-state index contributed by atoms with van der Waals surface area (Å²) in [4.78, 5) is 32.7. The average Bonchev–Trinajstić information content (AvgIpc) is 3.36. The molecule has 9 nitrogen and oxygen atoms in total. The van der Waals surface area contributed by atoms with Gasteiger partial charge < -0.3 is 20.5 Å². The Morgan fingerprint density at radius 2 is 1.81 bits per heavy atom. The Bertz CT molecular complexity index is 1310. The van der Waals surface area contributed by atoms with E-state index < -0.39 is 17.5 Å². The number of ketones is 1. The second-order valence-corrected chi connectivity index (χ2v) is 8.29. The maximum atomic E-state index is 14.9. The number of hydrazine groups is 1. The van der Waals surface area contributed by atoms with Gasteiger partial charge in [-0.1, -0.05) is 43.5 Å². The minimum absolute atomic E-state index is 0.0411. The fourth-order valence-corrected chi connectivity index (χ4v) is 3.91. The van der Waals surface area contributed by atoms with Crippen molar-refractivity contribution in [2.75, 3.05) is 32.7 Å². The summed E-state index contributed by atoms with van der Waals surface area (Å²) in [6, 6.07) is 9.77. The summed E-state index contributed by atoms with van der Waals surface area (Å²) in [7, 11) is 0. The number of amidine groups is 1. The number of hydrogen-bond donors (Lipinski definition) is 3. The van der Waals surface area contributed by atoms with E-state index in [0.717, 1.165) is 22.5 Å². The molecule has 5 N–H and O–H groups in total. The molecule has 190 valence electrons. The van der Waals surface area contributed by atoms with Crippen molar-refractivity contribution in [1.29, 1.82) is 0 Å². The number of carbonyl (C=O) groups is 2. The zero-order chi connectivity index (χ0) is 26.4. The van der Waals surface area contributed by atoms with Gasteiger partial charge in [-0.25, -0.2) is 15.4 Å². The number of halogens is 1. The maximum absolute atomic E-state index is 14.9. The number of nitrogens with one attached hydrogen (secondary N) is 1. The zero-order valence-corrected chi connectivity index (χ0v) is 20.6. The fraction of sp³-hybridized carbons (Fsp3) is 0.269. The normalized spacial score (nSPS) is 15.8. The molecule has 0 atom stereocenters. The van der Waals surface area contributed by atoms with Crippen molar-refractivity contribution in [3.8, 4) is 0 Å². The molecule has 0 aliphatic carbocycles. The summed E-state index contributed by atoms with van der Waals surface area (Å²) >= 11 is 0. The Morgan fingerprint density at radius 3 is 2.39 bits per heavy atom. The molecule has 10 heteroatoms. The third-order valence-corrected chi connectivity index (χ3v) is 6.11. The monoisotopic (exact) mass is 493 g/mol. The van der Waals surface area contributed by atoms with E-state index in [-0.39, 0.29) is 22.0 Å². The topological polar surface area (TPSA) is 124 Å². The smallest absolute Gasteiger partial charge is 0.295 e. The lowest BCUT2D eigenvalue weighted by Gasteiger charge is -2.36. The summed E-state index contributed by atoms with van der Waals surface area (Å²) in [6.45, 7) is 13.2. The Hall–Kier alpha value is -4.18. The summed E-state index contributed by atoms with van der Waals surface area (Å²) in [5.74, 6) is 3.43. The number of amides is 1. The van der Waals surface area contributed by atoms with Crippen LogP contribution in [0.4, 0.5) is 4.39 Å². The van der Waals surface area contributed by atoms with E-state index in [4.69, 9.17) is 11.6 Å². The molecule has 2 heterocycles. The van der Waals surface area contributed by atoms with E-state index in [0.29, 0.717) is 38.3 Å². The summed E-state index contributed by atoms with van der Waals surface area (Å²) in [5, 5.41) is 5.29. The Balaban J connectivity index is 1.85.